The lowest BCUT2D eigenvalue weighted by molar-refractivity contribution is -0.115. The summed E-state index contributed by atoms with van der Waals surface area (Å²) in [5, 5.41) is 11.5. The van der Waals surface area contributed by atoms with Gasteiger partial charge in [-0.1, -0.05) is 17.5 Å². The Hall–Kier alpha value is -2.19. The predicted molar refractivity (Wildman–Crippen MR) is 67.0 cm³/mol. The highest BCUT2D eigenvalue weighted by atomic mass is 35.5. The van der Waals surface area contributed by atoms with Crippen LogP contribution < -0.4 is 10.1 Å². The quantitative estimate of drug-likeness (QED) is 0.818. The van der Waals surface area contributed by atoms with E-state index in [0.29, 0.717) is 0 Å². The van der Waals surface area contributed by atoms with Crippen LogP contribution in [0.3, 0.4) is 0 Å². The van der Waals surface area contributed by atoms with Crippen molar-refractivity contribution >= 4 is 29.2 Å². The van der Waals surface area contributed by atoms with Crippen LogP contribution in [0.15, 0.2) is 12.1 Å². The average Bonchev–Trinajstić information content (AvgIpc) is 2.31. The number of nitrogens with one attached hydrogen (secondary N) is 1. The number of amides is 1. The summed E-state index contributed by atoms with van der Waals surface area (Å²) < 4.78 is 4.91. The van der Waals surface area contributed by atoms with Crippen LogP contribution >= 0.6 is 11.6 Å². The minimum atomic E-state index is -1.17. The van der Waals surface area contributed by atoms with Gasteiger partial charge in [-0.05, 0) is 6.07 Å². The number of benzene rings is 1. The summed E-state index contributed by atoms with van der Waals surface area (Å²) in [6.07, 6.45) is 4.90. The number of rotatable bonds is 4. The fourth-order valence-electron chi connectivity index (χ4n) is 1.27. The number of carbonyl (C=O) groups excluding carboxylic acids is 1. The third-order valence-electron chi connectivity index (χ3n) is 2.06. The van der Waals surface area contributed by atoms with Crippen LogP contribution in [0.5, 0.6) is 5.75 Å². The molecule has 0 radical (unpaired) electrons. The minimum absolute atomic E-state index is 0.0857. The molecule has 2 N–H and O–H groups in total. The van der Waals surface area contributed by atoms with Crippen LogP contribution in [0, 0.1) is 12.3 Å². The molecule has 0 aliphatic carbocycles. The second-order valence-corrected chi connectivity index (χ2v) is 3.67. The molecule has 0 aromatic heterocycles. The Kier molecular flexibility index (Phi) is 4.58. The van der Waals surface area contributed by atoms with Crippen molar-refractivity contribution in [2.75, 3.05) is 12.4 Å². The van der Waals surface area contributed by atoms with Gasteiger partial charge in [0.1, 0.15) is 11.3 Å². The van der Waals surface area contributed by atoms with Crippen molar-refractivity contribution in [1.82, 2.24) is 0 Å². The monoisotopic (exact) mass is 267 g/mol. The zero-order valence-corrected chi connectivity index (χ0v) is 10.2. The summed E-state index contributed by atoms with van der Waals surface area (Å²) in [7, 11) is 1.32. The zero-order valence-electron chi connectivity index (χ0n) is 9.49. The molecule has 5 nitrogen and oxygen atoms in total. The minimum Gasteiger partial charge on any atom is -0.496 e. The van der Waals surface area contributed by atoms with E-state index in [1.54, 1.807) is 0 Å². The predicted octanol–water partition coefficient (Wildman–Crippen LogP) is 2.01. The van der Waals surface area contributed by atoms with Crippen molar-refractivity contribution in [3.8, 4) is 18.1 Å². The Balaban J connectivity index is 3.12. The second-order valence-electron chi connectivity index (χ2n) is 3.27. The Morgan fingerprint density at radius 3 is 2.72 bits per heavy atom. The van der Waals surface area contributed by atoms with Gasteiger partial charge in [-0.3, -0.25) is 4.79 Å². The first kappa shape index (κ1) is 13.9. The van der Waals surface area contributed by atoms with E-state index < -0.39 is 11.9 Å². The van der Waals surface area contributed by atoms with Crippen molar-refractivity contribution in [2.24, 2.45) is 0 Å². The number of halogens is 1. The fraction of sp³-hybridized carbons (Fsp3) is 0.167. The highest BCUT2D eigenvalue weighted by molar-refractivity contribution is 6.34. The SMILES string of the molecule is C#CCC(=O)Nc1cc(OC)c(C(=O)O)cc1Cl. The summed E-state index contributed by atoms with van der Waals surface area (Å²) in [5.74, 6) is 0.701. The van der Waals surface area contributed by atoms with Crippen LogP contribution in [0.25, 0.3) is 0 Å². The number of carbonyl (C=O) groups is 2. The van der Waals surface area contributed by atoms with Gasteiger partial charge in [0.05, 0.1) is 24.2 Å². The lowest BCUT2D eigenvalue weighted by Gasteiger charge is -2.10. The normalized spacial score (nSPS) is 9.39. The number of aromatic carboxylic acids is 1. The number of hydrogen-bond donors (Lipinski definition) is 2. The number of anilines is 1. The van der Waals surface area contributed by atoms with Crippen molar-refractivity contribution in [1.29, 1.82) is 0 Å². The summed E-state index contributed by atoms with van der Waals surface area (Å²) in [5.41, 5.74) is 0.163. The smallest absolute Gasteiger partial charge is 0.339 e. The van der Waals surface area contributed by atoms with Crippen LogP contribution in [0.1, 0.15) is 16.8 Å². The third-order valence-corrected chi connectivity index (χ3v) is 2.37. The maximum Gasteiger partial charge on any atom is 0.339 e. The summed E-state index contributed by atoms with van der Waals surface area (Å²) in [6.45, 7) is 0. The van der Waals surface area contributed by atoms with E-state index in [1.807, 2.05) is 0 Å². The van der Waals surface area contributed by atoms with Gasteiger partial charge in [-0.15, -0.1) is 6.42 Å². The van der Waals surface area contributed by atoms with Gasteiger partial charge in [0, 0.05) is 6.07 Å². The van der Waals surface area contributed by atoms with Gasteiger partial charge >= 0.3 is 5.97 Å². The van der Waals surface area contributed by atoms with Crippen LogP contribution in [-0.2, 0) is 4.79 Å². The largest absolute Gasteiger partial charge is 0.496 e. The maximum atomic E-state index is 11.3. The Bertz CT molecular complexity index is 534. The van der Waals surface area contributed by atoms with Crippen molar-refractivity contribution in [3.05, 3.63) is 22.7 Å². The topological polar surface area (TPSA) is 75.6 Å². The van der Waals surface area contributed by atoms with Crippen LogP contribution in [0.2, 0.25) is 5.02 Å². The highest BCUT2D eigenvalue weighted by Gasteiger charge is 2.15. The first-order valence-corrected chi connectivity index (χ1v) is 5.21. The molecule has 0 aliphatic rings. The molecule has 1 amide bonds. The highest BCUT2D eigenvalue weighted by Crippen LogP contribution is 2.31. The molecule has 0 unspecified atom stereocenters. The van der Waals surface area contributed by atoms with Crippen molar-refractivity contribution < 1.29 is 19.4 Å². The molecule has 6 heteroatoms. The fourth-order valence-corrected chi connectivity index (χ4v) is 1.48. The number of hydrogen-bond acceptors (Lipinski definition) is 3. The first-order chi connectivity index (χ1) is 8.49. The van der Waals surface area contributed by atoms with Crippen molar-refractivity contribution in [2.45, 2.75) is 6.42 Å². The molecule has 0 spiro atoms. The summed E-state index contributed by atoms with van der Waals surface area (Å²) >= 11 is 5.86. The molecule has 0 saturated heterocycles. The number of carboxylic acid groups (broad SMARTS) is 1. The van der Waals surface area contributed by atoms with Gasteiger partial charge in [0.2, 0.25) is 5.91 Å². The Morgan fingerprint density at radius 2 is 2.22 bits per heavy atom. The van der Waals surface area contributed by atoms with Crippen LogP contribution in [0.4, 0.5) is 5.69 Å². The molecule has 0 fully saturated rings. The van der Waals surface area contributed by atoms with Gasteiger partial charge < -0.3 is 15.2 Å². The number of terminal acetylenes is 1. The molecular weight excluding hydrogens is 258 g/mol. The van der Waals surface area contributed by atoms with Crippen LogP contribution in [-0.4, -0.2) is 24.1 Å². The Labute approximate surface area is 109 Å². The maximum absolute atomic E-state index is 11.3. The number of ether oxygens (including phenoxy) is 1. The molecule has 0 saturated carbocycles. The molecular formula is C12H10ClNO4. The van der Waals surface area contributed by atoms with E-state index in [-0.39, 0.29) is 28.4 Å². The molecule has 18 heavy (non-hydrogen) atoms. The molecule has 0 heterocycles. The molecule has 1 rings (SSSR count). The lowest BCUT2D eigenvalue weighted by atomic mass is 10.1. The van der Waals surface area contributed by atoms with E-state index in [1.165, 1.54) is 19.2 Å². The standard InChI is InChI=1S/C12H10ClNO4/c1-3-4-11(15)14-9-6-10(18-2)7(12(16)17)5-8(9)13/h1,5-6H,4H2,2H3,(H,14,15)(H,16,17). The Morgan fingerprint density at radius 1 is 1.56 bits per heavy atom. The zero-order chi connectivity index (χ0) is 13.7. The summed E-state index contributed by atoms with van der Waals surface area (Å²) in [6, 6.07) is 2.54. The molecule has 94 valence electrons. The van der Waals surface area contributed by atoms with E-state index >= 15 is 0 Å². The van der Waals surface area contributed by atoms with Crippen molar-refractivity contribution in [3.63, 3.8) is 0 Å². The van der Waals surface area contributed by atoms with E-state index in [9.17, 15) is 9.59 Å². The van der Waals surface area contributed by atoms with Gasteiger partial charge in [-0.25, -0.2) is 4.79 Å². The molecule has 1 aromatic rings. The van der Waals surface area contributed by atoms with E-state index in [4.69, 9.17) is 27.9 Å². The second kappa shape index (κ2) is 5.94. The van der Waals surface area contributed by atoms with Gasteiger partial charge in [-0.2, -0.15) is 0 Å². The molecule has 1 aromatic carbocycles. The van der Waals surface area contributed by atoms with E-state index in [0.717, 1.165) is 0 Å². The number of carboxylic acids is 1. The number of methoxy groups -OCH3 is 1. The van der Waals surface area contributed by atoms with Gasteiger partial charge in [0.25, 0.3) is 0 Å². The van der Waals surface area contributed by atoms with E-state index in [2.05, 4.69) is 11.2 Å². The third kappa shape index (κ3) is 3.15. The molecule has 0 bridgehead atoms. The van der Waals surface area contributed by atoms with Gasteiger partial charge in [0.15, 0.2) is 0 Å². The molecule has 0 atom stereocenters. The first-order valence-electron chi connectivity index (χ1n) is 4.83. The lowest BCUT2D eigenvalue weighted by Crippen LogP contribution is -2.11. The summed E-state index contributed by atoms with van der Waals surface area (Å²) in [4.78, 5) is 22.2. The molecule has 0 aliphatic heterocycles. The average molecular weight is 268 g/mol.